The van der Waals surface area contributed by atoms with E-state index in [0.717, 1.165) is 31.6 Å². The third kappa shape index (κ3) is 5.62. The summed E-state index contributed by atoms with van der Waals surface area (Å²) in [6.45, 7) is 6.57. The van der Waals surface area contributed by atoms with Crippen molar-refractivity contribution >= 4 is 24.0 Å². The average molecular weight is 325 g/mol. The number of hydrogen-bond donors (Lipinski definition) is 2. The normalized spacial score (nSPS) is 16.6. The zero-order valence-electron chi connectivity index (χ0n) is 13.7. The molecule has 2 N–H and O–H groups in total. The molecule has 0 saturated carbocycles. The molecular weight excluding hydrogens is 296 g/mol. The number of carbonyl (C=O) groups is 1. The van der Waals surface area contributed by atoms with Crippen LogP contribution in [-0.2, 0) is 11.2 Å². The summed E-state index contributed by atoms with van der Waals surface area (Å²) in [6, 6.07) is 8.15. The number of nitrogens with one attached hydrogen (secondary N) is 2. The van der Waals surface area contributed by atoms with E-state index in [9.17, 15) is 4.79 Å². The minimum Gasteiger partial charge on any atom is -0.326 e. The van der Waals surface area contributed by atoms with Gasteiger partial charge in [-0.25, -0.2) is 0 Å². The maximum atomic E-state index is 12.3. The summed E-state index contributed by atoms with van der Waals surface area (Å²) in [4.78, 5) is 12.3. The highest BCUT2D eigenvalue weighted by atomic mass is 35.5. The Labute approximate surface area is 140 Å². The number of halogens is 1. The summed E-state index contributed by atoms with van der Waals surface area (Å²) < 4.78 is 0. The summed E-state index contributed by atoms with van der Waals surface area (Å²) in [7, 11) is 0. The Bertz CT molecular complexity index is 458. The predicted molar refractivity (Wildman–Crippen MR) is 95.7 cm³/mol. The average Bonchev–Trinajstić information content (AvgIpc) is 2.50. The Kier molecular flexibility index (Phi) is 8.51. The van der Waals surface area contributed by atoms with Gasteiger partial charge in [0.1, 0.15) is 0 Å². The predicted octanol–water partition coefficient (Wildman–Crippen LogP) is 4.03. The fraction of sp³-hybridized carbons (Fsp3) is 0.611. The van der Waals surface area contributed by atoms with Crippen molar-refractivity contribution in [1.82, 2.24) is 5.32 Å². The molecule has 0 spiro atoms. The molecule has 4 heteroatoms. The van der Waals surface area contributed by atoms with E-state index in [4.69, 9.17) is 0 Å². The summed E-state index contributed by atoms with van der Waals surface area (Å²) in [6.07, 6.45) is 5.13. The van der Waals surface area contributed by atoms with Gasteiger partial charge in [0.05, 0.1) is 0 Å². The van der Waals surface area contributed by atoms with E-state index in [1.807, 2.05) is 18.2 Å². The molecule has 1 atom stereocenters. The fourth-order valence-corrected chi connectivity index (χ4v) is 3.20. The van der Waals surface area contributed by atoms with Crippen molar-refractivity contribution in [3.63, 3.8) is 0 Å². The minimum atomic E-state index is 0. The van der Waals surface area contributed by atoms with Gasteiger partial charge in [0.25, 0.3) is 0 Å². The highest BCUT2D eigenvalue weighted by Crippen LogP contribution is 2.25. The second-order valence-corrected chi connectivity index (χ2v) is 6.22. The van der Waals surface area contributed by atoms with Crippen LogP contribution in [0, 0.1) is 11.8 Å². The van der Waals surface area contributed by atoms with Crippen molar-refractivity contribution in [3.05, 3.63) is 29.8 Å². The topological polar surface area (TPSA) is 41.1 Å². The monoisotopic (exact) mass is 324 g/mol. The van der Waals surface area contributed by atoms with Crippen molar-refractivity contribution < 1.29 is 4.79 Å². The molecule has 1 amide bonds. The van der Waals surface area contributed by atoms with Crippen LogP contribution < -0.4 is 10.6 Å². The van der Waals surface area contributed by atoms with Gasteiger partial charge in [-0.2, -0.15) is 0 Å². The third-order valence-electron chi connectivity index (χ3n) is 4.51. The van der Waals surface area contributed by atoms with Gasteiger partial charge < -0.3 is 10.6 Å². The molecule has 22 heavy (non-hydrogen) atoms. The van der Waals surface area contributed by atoms with Crippen LogP contribution in [0.2, 0.25) is 0 Å². The molecular formula is C18H29ClN2O. The first-order valence-corrected chi connectivity index (χ1v) is 8.29. The zero-order valence-corrected chi connectivity index (χ0v) is 14.5. The molecule has 124 valence electrons. The molecule has 0 radical (unpaired) electrons. The van der Waals surface area contributed by atoms with Gasteiger partial charge in [-0.1, -0.05) is 38.5 Å². The number of para-hydroxylation sites is 1. The van der Waals surface area contributed by atoms with Crippen LogP contribution in [0.3, 0.4) is 0 Å². The van der Waals surface area contributed by atoms with Crippen LogP contribution in [0.15, 0.2) is 24.3 Å². The number of benzene rings is 1. The van der Waals surface area contributed by atoms with Crippen molar-refractivity contribution in [2.24, 2.45) is 11.8 Å². The van der Waals surface area contributed by atoms with E-state index in [1.165, 1.54) is 18.4 Å². The molecule has 3 nitrogen and oxygen atoms in total. The molecule has 1 aliphatic rings. The molecule has 1 aromatic rings. The largest absolute Gasteiger partial charge is 0.326 e. The SMILES string of the molecule is CCCc1ccccc1NC(=O)CC(C)C1CCNCC1.Cl. The fourth-order valence-electron chi connectivity index (χ4n) is 3.20. The summed E-state index contributed by atoms with van der Waals surface area (Å²) in [5.74, 6) is 1.30. The summed E-state index contributed by atoms with van der Waals surface area (Å²) in [5.41, 5.74) is 2.23. The Morgan fingerprint density at radius 2 is 2.00 bits per heavy atom. The van der Waals surface area contributed by atoms with Crippen molar-refractivity contribution in [2.75, 3.05) is 18.4 Å². The van der Waals surface area contributed by atoms with E-state index in [-0.39, 0.29) is 18.3 Å². The molecule has 1 unspecified atom stereocenters. The first-order valence-electron chi connectivity index (χ1n) is 8.29. The van der Waals surface area contributed by atoms with E-state index < -0.39 is 0 Å². The van der Waals surface area contributed by atoms with Crippen LogP contribution in [-0.4, -0.2) is 19.0 Å². The quantitative estimate of drug-likeness (QED) is 0.829. The van der Waals surface area contributed by atoms with E-state index >= 15 is 0 Å². The molecule has 2 rings (SSSR count). The van der Waals surface area contributed by atoms with Gasteiger partial charge in [0.2, 0.25) is 5.91 Å². The lowest BCUT2D eigenvalue weighted by Crippen LogP contribution is -2.32. The molecule has 1 heterocycles. The van der Waals surface area contributed by atoms with Crippen LogP contribution in [0.1, 0.15) is 45.1 Å². The van der Waals surface area contributed by atoms with Crippen LogP contribution in [0.5, 0.6) is 0 Å². The van der Waals surface area contributed by atoms with Gasteiger partial charge in [-0.15, -0.1) is 12.4 Å². The molecule has 1 fully saturated rings. The van der Waals surface area contributed by atoms with Gasteiger partial charge in [0, 0.05) is 12.1 Å². The number of hydrogen-bond acceptors (Lipinski definition) is 2. The Morgan fingerprint density at radius 3 is 2.68 bits per heavy atom. The number of piperidine rings is 1. The highest BCUT2D eigenvalue weighted by Gasteiger charge is 2.22. The molecule has 0 aliphatic carbocycles. The lowest BCUT2D eigenvalue weighted by atomic mass is 9.84. The summed E-state index contributed by atoms with van der Waals surface area (Å²) >= 11 is 0. The van der Waals surface area contributed by atoms with Gasteiger partial charge in [0.15, 0.2) is 0 Å². The second-order valence-electron chi connectivity index (χ2n) is 6.22. The lowest BCUT2D eigenvalue weighted by molar-refractivity contribution is -0.117. The number of rotatable bonds is 6. The van der Waals surface area contributed by atoms with Crippen molar-refractivity contribution in [1.29, 1.82) is 0 Å². The first kappa shape index (κ1) is 19.0. The number of carbonyl (C=O) groups excluding carboxylic acids is 1. The van der Waals surface area contributed by atoms with Crippen LogP contribution in [0.25, 0.3) is 0 Å². The highest BCUT2D eigenvalue weighted by molar-refractivity contribution is 5.91. The maximum Gasteiger partial charge on any atom is 0.224 e. The Morgan fingerprint density at radius 1 is 1.32 bits per heavy atom. The van der Waals surface area contributed by atoms with Crippen molar-refractivity contribution in [3.8, 4) is 0 Å². The van der Waals surface area contributed by atoms with E-state index in [0.29, 0.717) is 18.3 Å². The second kappa shape index (κ2) is 9.86. The third-order valence-corrected chi connectivity index (χ3v) is 4.51. The Balaban J connectivity index is 0.00000242. The van der Waals surface area contributed by atoms with Crippen LogP contribution in [0.4, 0.5) is 5.69 Å². The smallest absolute Gasteiger partial charge is 0.224 e. The molecule has 0 aromatic heterocycles. The van der Waals surface area contributed by atoms with E-state index in [1.54, 1.807) is 0 Å². The number of anilines is 1. The summed E-state index contributed by atoms with van der Waals surface area (Å²) in [5, 5.41) is 6.49. The number of amides is 1. The molecule has 0 bridgehead atoms. The van der Waals surface area contributed by atoms with Gasteiger partial charge in [-0.05, 0) is 55.8 Å². The van der Waals surface area contributed by atoms with Crippen molar-refractivity contribution in [2.45, 2.75) is 46.0 Å². The lowest BCUT2D eigenvalue weighted by Gasteiger charge is -2.28. The Hall–Kier alpha value is -1.06. The van der Waals surface area contributed by atoms with Crippen LogP contribution >= 0.6 is 12.4 Å². The molecule has 1 aliphatic heterocycles. The van der Waals surface area contributed by atoms with Gasteiger partial charge >= 0.3 is 0 Å². The molecule has 1 aromatic carbocycles. The first-order chi connectivity index (χ1) is 10.2. The van der Waals surface area contributed by atoms with Gasteiger partial charge in [-0.3, -0.25) is 4.79 Å². The molecule has 1 saturated heterocycles. The minimum absolute atomic E-state index is 0. The zero-order chi connectivity index (χ0) is 15.1. The van der Waals surface area contributed by atoms with E-state index in [2.05, 4.69) is 30.5 Å². The maximum absolute atomic E-state index is 12.3. The number of aryl methyl sites for hydroxylation is 1. The standard InChI is InChI=1S/C18H28N2O.ClH/c1-3-6-16-7-4-5-8-17(16)20-18(21)13-14(2)15-9-11-19-12-10-15;/h4-5,7-8,14-15,19H,3,6,9-13H2,1-2H3,(H,20,21);1H.